The Bertz CT molecular complexity index is 1180. The van der Waals surface area contributed by atoms with E-state index in [1.807, 2.05) is 31.2 Å². The van der Waals surface area contributed by atoms with Gasteiger partial charge in [-0.05, 0) is 48.3 Å². The number of nitrogens with zero attached hydrogens (tertiary/aromatic N) is 4. The second-order valence-corrected chi connectivity index (χ2v) is 9.64. The van der Waals surface area contributed by atoms with Crippen LogP contribution >= 0.6 is 27.3 Å². The Balaban J connectivity index is 1.44. The SMILES string of the molecule is Cc1ccccc1Nc1ncc(-c2nc(NCCN3C(=O)NC(=O)C3(C)C)ncc2Br)s1. The minimum atomic E-state index is -0.881. The van der Waals surface area contributed by atoms with Crippen molar-refractivity contribution in [2.24, 2.45) is 0 Å². The number of carbonyl (C=O) groups excluding carboxylic acids is 2. The number of aromatic nitrogens is 3. The highest BCUT2D eigenvalue weighted by Gasteiger charge is 2.45. The summed E-state index contributed by atoms with van der Waals surface area (Å²) in [4.78, 5) is 39.6. The van der Waals surface area contributed by atoms with Crippen LogP contribution in [-0.4, -0.2) is 50.4 Å². The first kappa shape index (κ1) is 22.2. The average Bonchev–Trinajstić information content (AvgIpc) is 3.28. The number of nitrogens with one attached hydrogen (secondary N) is 3. The first-order chi connectivity index (χ1) is 15.3. The third-order valence-electron chi connectivity index (χ3n) is 5.18. The van der Waals surface area contributed by atoms with E-state index in [1.54, 1.807) is 26.2 Å². The monoisotopic (exact) mass is 515 g/mol. The van der Waals surface area contributed by atoms with Gasteiger partial charge in [-0.1, -0.05) is 29.5 Å². The zero-order valence-electron chi connectivity index (χ0n) is 17.8. The fraction of sp³-hybridized carbons (Fsp3) is 0.286. The van der Waals surface area contributed by atoms with Gasteiger partial charge in [-0.2, -0.15) is 0 Å². The summed E-state index contributed by atoms with van der Waals surface area (Å²) in [5.74, 6) is 0.124. The number of hydrogen-bond acceptors (Lipinski definition) is 8. The van der Waals surface area contributed by atoms with Gasteiger partial charge < -0.3 is 15.5 Å². The number of imide groups is 1. The van der Waals surface area contributed by atoms with E-state index in [4.69, 9.17) is 0 Å². The smallest absolute Gasteiger partial charge is 0.325 e. The lowest BCUT2D eigenvalue weighted by Crippen LogP contribution is -2.46. The number of halogens is 1. The highest BCUT2D eigenvalue weighted by atomic mass is 79.9. The molecule has 3 aromatic rings. The van der Waals surface area contributed by atoms with Crippen LogP contribution in [-0.2, 0) is 4.79 Å². The van der Waals surface area contributed by atoms with Crippen LogP contribution < -0.4 is 16.0 Å². The number of aryl methyl sites for hydroxylation is 1. The van der Waals surface area contributed by atoms with Crippen molar-refractivity contribution in [2.45, 2.75) is 26.3 Å². The van der Waals surface area contributed by atoms with Crippen molar-refractivity contribution in [3.63, 3.8) is 0 Å². The third-order valence-corrected chi connectivity index (χ3v) is 6.68. The molecule has 1 fully saturated rings. The van der Waals surface area contributed by atoms with Crippen molar-refractivity contribution >= 4 is 56.0 Å². The molecule has 11 heteroatoms. The van der Waals surface area contributed by atoms with Gasteiger partial charge in [-0.15, -0.1) is 0 Å². The summed E-state index contributed by atoms with van der Waals surface area (Å²) in [6.07, 6.45) is 3.44. The van der Waals surface area contributed by atoms with Crippen LogP contribution in [0.4, 0.5) is 21.6 Å². The van der Waals surface area contributed by atoms with E-state index >= 15 is 0 Å². The first-order valence-electron chi connectivity index (χ1n) is 9.94. The van der Waals surface area contributed by atoms with Gasteiger partial charge in [0.15, 0.2) is 5.13 Å². The van der Waals surface area contributed by atoms with E-state index in [9.17, 15) is 9.59 Å². The highest BCUT2D eigenvalue weighted by Crippen LogP contribution is 2.34. The number of hydrogen-bond donors (Lipinski definition) is 3. The van der Waals surface area contributed by atoms with Crippen LogP contribution in [0.1, 0.15) is 19.4 Å². The molecule has 1 aromatic carbocycles. The maximum absolute atomic E-state index is 12.0. The Morgan fingerprint density at radius 1 is 1.19 bits per heavy atom. The summed E-state index contributed by atoms with van der Waals surface area (Å²) in [6.45, 7) is 6.21. The number of benzene rings is 1. The number of amides is 3. The Hall–Kier alpha value is -3.05. The molecule has 32 heavy (non-hydrogen) atoms. The van der Waals surface area contributed by atoms with Crippen LogP contribution in [0.3, 0.4) is 0 Å². The molecule has 0 bridgehead atoms. The van der Waals surface area contributed by atoms with Crippen molar-refractivity contribution in [1.82, 2.24) is 25.2 Å². The second-order valence-electron chi connectivity index (χ2n) is 7.76. The van der Waals surface area contributed by atoms with Crippen molar-refractivity contribution < 1.29 is 9.59 Å². The van der Waals surface area contributed by atoms with Gasteiger partial charge in [-0.25, -0.2) is 19.7 Å². The van der Waals surface area contributed by atoms with Gasteiger partial charge >= 0.3 is 6.03 Å². The lowest BCUT2D eigenvalue weighted by molar-refractivity contribution is -0.125. The quantitative estimate of drug-likeness (QED) is 0.405. The maximum Gasteiger partial charge on any atom is 0.325 e. The Kier molecular flexibility index (Phi) is 6.11. The molecule has 166 valence electrons. The normalized spacial score (nSPS) is 15.1. The summed E-state index contributed by atoms with van der Waals surface area (Å²) in [6, 6.07) is 7.63. The first-order valence-corrected chi connectivity index (χ1v) is 11.5. The molecule has 4 rings (SSSR count). The van der Waals surface area contributed by atoms with Crippen molar-refractivity contribution in [3.8, 4) is 10.6 Å². The fourth-order valence-electron chi connectivity index (χ4n) is 3.25. The molecular formula is C21H22BrN7O2S. The molecule has 9 nitrogen and oxygen atoms in total. The number of urea groups is 1. The predicted molar refractivity (Wildman–Crippen MR) is 128 cm³/mol. The predicted octanol–water partition coefficient (Wildman–Crippen LogP) is 4.16. The molecular weight excluding hydrogens is 494 g/mol. The molecule has 0 radical (unpaired) electrons. The van der Waals surface area contributed by atoms with E-state index < -0.39 is 11.6 Å². The molecule has 0 atom stereocenters. The highest BCUT2D eigenvalue weighted by molar-refractivity contribution is 9.10. The summed E-state index contributed by atoms with van der Waals surface area (Å²) in [5, 5.41) is 9.57. The van der Waals surface area contributed by atoms with Gasteiger partial charge in [0.1, 0.15) is 11.2 Å². The molecule has 0 spiro atoms. The fourth-order valence-corrected chi connectivity index (χ4v) is 4.62. The van der Waals surface area contributed by atoms with E-state index in [-0.39, 0.29) is 5.91 Å². The van der Waals surface area contributed by atoms with Crippen molar-refractivity contribution in [3.05, 3.63) is 46.7 Å². The number of thiazole rings is 1. The Labute approximate surface area is 197 Å². The lowest BCUT2D eigenvalue weighted by Gasteiger charge is -2.27. The Morgan fingerprint density at radius 2 is 1.97 bits per heavy atom. The van der Waals surface area contributed by atoms with Crippen LogP contribution in [0.15, 0.2) is 41.1 Å². The van der Waals surface area contributed by atoms with E-state index in [0.717, 1.165) is 25.7 Å². The molecule has 1 aliphatic rings. The Morgan fingerprint density at radius 3 is 2.69 bits per heavy atom. The van der Waals surface area contributed by atoms with Gasteiger partial charge in [0, 0.05) is 31.2 Å². The number of para-hydroxylation sites is 1. The molecule has 2 aromatic heterocycles. The topological polar surface area (TPSA) is 112 Å². The molecule has 1 aliphatic heterocycles. The van der Waals surface area contributed by atoms with Crippen molar-refractivity contribution in [1.29, 1.82) is 0 Å². The molecule has 3 N–H and O–H groups in total. The number of rotatable bonds is 7. The molecule has 0 unspecified atom stereocenters. The van der Waals surface area contributed by atoms with Crippen LogP contribution in [0.5, 0.6) is 0 Å². The second kappa shape index (κ2) is 8.83. The standard InChI is InChI=1S/C21H22BrN7O2S/c1-12-6-4-5-7-14(12)26-19-25-11-15(32-19)16-13(22)10-24-18(27-16)23-8-9-29-20(31)28-17(30)21(29,2)3/h4-7,10-11H,8-9H2,1-3H3,(H,25,26)(H,23,24,27)(H,28,30,31). The molecule has 1 saturated heterocycles. The third kappa shape index (κ3) is 4.44. The van der Waals surface area contributed by atoms with E-state index in [2.05, 4.69) is 46.8 Å². The molecule has 0 saturated carbocycles. The summed E-state index contributed by atoms with van der Waals surface area (Å²) in [7, 11) is 0. The van der Waals surface area contributed by atoms with E-state index in [1.165, 1.54) is 16.2 Å². The largest absolute Gasteiger partial charge is 0.352 e. The summed E-state index contributed by atoms with van der Waals surface area (Å²) >= 11 is 5.00. The van der Waals surface area contributed by atoms with Crippen LogP contribution in [0.25, 0.3) is 10.6 Å². The van der Waals surface area contributed by atoms with Crippen LogP contribution in [0, 0.1) is 6.92 Å². The van der Waals surface area contributed by atoms with Gasteiger partial charge in [0.05, 0.1) is 9.35 Å². The number of anilines is 3. The minimum absolute atomic E-state index is 0.301. The average molecular weight is 516 g/mol. The maximum atomic E-state index is 12.0. The van der Waals surface area contributed by atoms with Gasteiger partial charge in [-0.3, -0.25) is 10.1 Å². The summed E-state index contributed by atoms with van der Waals surface area (Å²) < 4.78 is 0.750. The number of carbonyl (C=O) groups is 2. The molecule has 3 amide bonds. The minimum Gasteiger partial charge on any atom is -0.352 e. The zero-order valence-corrected chi connectivity index (χ0v) is 20.2. The summed E-state index contributed by atoms with van der Waals surface area (Å²) in [5.41, 5.74) is 1.97. The lowest BCUT2D eigenvalue weighted by atomic mass is 10.0. The molecule has 3 heterocycles. The zero-order chi connectivity index (χ0) is 22.9. The van der Waals surface area contributed by atoms with Crippen molar-refractivity contribution in [2.75, 3.05) is 23.7 Å². The molecule has 0 aliphatic carbocycles. The van der Waals surface area contributed by atoms with E-state index in [0.29, 0.717) is 24.7 Å². The van der Waals surface area contributed by atoms with Crippen LogP contribution in [0.2, 0.25) is 0 Å². The van der Waals surface area contributed by atoms with Gasteiger partial charge in [0.25, 0.3) is 5.91 Å². The van der Waals surface area contributed by atoms with Gasteiger partial charge in [0.2, 0.25) is 5.95 Å².